The number of benzene rings is 1. The van der Waals surface area contributed by atoms with Gasteiger partial charge in [0, 0.05) is 6.20 Å². The van der Waals surface area contributed by atoms with Crippen LogP contribution in [0.25, 0.3) is 0 Å². The quantitative estimate of drug-likeness (QED) is 0.546. The number of hydrogen-bond donors (Lipinski definition) is 0. The zero-order chi connectivity index (χ0) is 15.5. The molecular weight excluding hydrogens is 270 g/mol. The maximum atomic E-state index is 4.28. The van der Waals surface area contributed by atoms with Crippen molar-refractivity contribution >= 4 is 0 Å². The summed E-state index contributed by atoms with van der Waals surface area (Å²) in [5.41, 5.74) is 2.40. The van der Waals surface area contributed by atoms with Crippen LogP contribution in [0.1, 0.15) is 69.5 Å². The van der Waals surface area contributed by atoms with Crippen LogP contribution < -0.4 is 0 Å². The molecule has 0 aliphatic carbocycles. The summed E-state index contributed by atoms with van der Waals surface area (Å²) in [6, 6.07) is 10.4. The molecule has 0 atom stereocenters. The number of hydrogen-bond acceptors (Lipinski definition) is 2. The number of unbranched alkanes of at least 4 members (excludes halogenated alkanes) is 7. The molecule has 0 N–H and O–H groups in total. The van der Waals surface area contributed by atoms with Gasteiger partial charge in [0.15, 0.2) is 0 Å². The van der Waals surface area contributed by atoms with Crippen molar-refractivity contribution in [1.82, 2.24) is 15.0 Å². The molecule has 0 amide bonds. The van der Waals surface area contributed by atoms with Gasteiger partial charge in [-0.15, -0.1) is 5.10 Å². The topological polar surface area (TPSA) is 30.7 Å². The highest BCUT2D eigenvalue weighted by atomic mass is 15.4. The van der Waals surface area contributed by atoms with Gasteiger partial charge in [-0.1, -0.05) is 87.4 Å². The molecule has 0 aliphatic heterocycles. The fraction of sp³-hybridized carbons (Fsp3) is 0.579. The second kappa shape index (κ2) is 10.1. The van der Waals surface area contributed by atoms with E-state index >= 15 is 0 Å². The van der Waals surface area contributed by atoms with Crippen molar-refractivity contribution in [3.63, 3.8) is 0 Å². The molecule has 0 fully saturated rings. The van der Waals surface area contributed by atoms with Gasteiger partial charge in [0.2, 0.25) is 0 Å². The molecule has 0 aliphatic rings. The predicted molar refractivity (Wildman–Crippen MR) is 91.9 cm³/mol. The Morgan fingerprint density at radius 3 is 2.27 bits per heavy atom. The molecule has 2 rings (SSSR count). The minimum atomic E-state index is 0.811. The summed E-state index contributed by atoms with van der Waals surface area (Å²) < 4.78 is 1.94. The van der Waals surface area contributed by atoms with Gasteiger partial charge in [-0.3, -0.25) is 0 Å². The number of rotatable bonds is 11. The molecule has 22 heavy (non-hydrogen) atoms. The Hall–Kier alpha value is -1.64. The zero-order valence-electron chi connectivity index (χ0n) is 13.9. The standard InChI is InChI=1S/C19H29N3/c1-2-3-4-5-6-7-8-12-15-19-17-22(21-20-19)16-18-13-10-9-11-14-18/h9-11,13-14,17H,2-8,12,15-16H2,1H3. The van der Waals surface area contributed by atoms with Crippen molar-refractivity contribution in [3.05, 3.63) is 47.8 Å². The van der Waals surface area contributed by atoms with Gasteiger partial charge in [0.05, 0.1) is 12.2 Å². The summed E-state index contributed by atoms with van der Waals surface area (Å²) in [5, 5.41) is 8.51. The Bertz CT molecular complexity index is 504. The van der Waals surface area contributed by atoms with E-state index in [1.807, 2.05) is 10.7 Å². The van der Waals surface area contributed by atoms with Crippen molar-refractivity contribution in [3.8, 4) is 0 Å². The van der Waals surface area contributed by atoms with Crippen LogP contribution >= 0.6 is 0 Å². The van der Waals surface area contributed by atoms with Crippen LogP contribution in [-0.4, -0.2) is 15.0 Å². The van der Waals surface area contributed by atoms with Crippen molar-refractivity contribution in [1.29, 1.82) is 0 Å². The summed E-state index contributed by atoms with van der Waals surface area (Å²) in [4.78, 5) is 0. The van der Waals surface area contributed by atoms with Crippen molar-refractivity contribution < 1.29 is 0 Å². The molecule has 0 bridgehead atoms. The first-order chi connectivity index (χ1) is 10.9. The second-order valence-corrected chi connectivity index (χ2v) is 6.12. The van der Waals surface area contributed by atoms with Crippen molar-refractivity contribution in [2.24, 2.45) is 0 Å². The van der Waals surface area contributed by atoms with E-state index in [9.17, 15) is 0 Å². The fourth-order valence-corrected chi connectivity index (χ4v) is 2.74. The first-order valence-electron chi connectivity index (χ1n) is 8.81. The molecule has 0 saturated heterocycles. The second-order valence-electron chi connectivity index (χ2n) is 6.12. The zero-order valence-corrected chi connectivity index (χ0v) is 13.9. The minimum Gasteiger partial charge on any atom is -0.248 e. The minimum absolute atomic E-state index is 0.811. The monoisotopic (exact) mass is 299 g/mol. The molecule has 3 nitrogen and oxygen atoms in total. The molecule has 0 saturated carbocycles. The van der Waals surface area contributed by atoms with Gasteiger partial charge in [-0.2, -0.15) is 0 Å². The Labute approximate surface area is 134 Å². The molecule has 0 radical (unpaired) electrons. The molecule has 120 valence electrons. The maximum Gasteiger partial charge on any atom is 0.0827 e. The number of aryl methyl sites for hydroxylation is 1. The molecule has 2 aromatic rings. The van der Waals surface area contributed by atoms with Crippen LogP contribution in [0, 0.1) is 0 Å². The Kier molecular flexibility index (Phi) is 7.71. The van der Waals surface area contributed by atoms with Crippen LogP contribution in [0.15, 0.2) is 36.5 Å². The van der Waals surface area contributed by atoms with Gasteiger partial charge in [0.1, 0.15) is 0 Å². The van der Waals surface area contributed by atoms with E-state index in [2.05, 4.69) is 47.7 Å². The molecule has 1 aromatic carbocycles. The first kappa shape index (κ1) is 16.7. The highest BCUT2D eigenvalue weighted by Gasteiger charge is 2.01. The Balaban J connectivity index is 1.59. The molecule has 1 heterocycles. The smallest absolute Gasteiger partial charge is 0.0827 e. The van der Waals surface area contributed by atoms with Crippen LogP contribution in [0.5, 0.6) is 0 Å². The van der Waals surface area contributed by atoms with Gasteiger partial charge >= 0.3 is 0 Å². The van der Waals surface area contributed by atoms with Gasteiger partial charge in [-0.25, -0.2) is 4.68 Å². The Morgan fingerprint density at radius 1 is 0.864 bits per heavy atom. The SMILES string of the molecule is CCCCCCCCCCc1cn(Cc2ccccc2)nn1. The van der Waals surface area contributed by atoms with Crippen LogP contribution in [0.3, 0.4) is 0 Å². The lowest BCUT2D eigenvalue weighted by molar-refractivity contribution is 0.574. The van der Waals surface area contributed by atoms with E-state index in [4.69, 9.17) is 0 Å². The highest BCUT2D eigenvalue weighted by molar-refractivity contribution is 5.14. The summed E-state index contributed by atoms with van der Waals surface area (Å²) in [6.07, 6.45) is 14.0. The number of aromatic nitrogens is 3. The largest absolute Gasteiger partial charge is 0.248 e. The van der Waals surface area contributed by atoms with Crippen LogP contribution in [0.4, 0.5) is 0 Å². The number of nitrogens with zero attached hydrogens (tertiary/aromatic N) is 3. The fourth-order valence-electron chi connectivity index (χ4n) is 2.74. The van der Waals surface area contributed by atoms with Crippen molar-refractivity contribution in [2.45, 2.75) is 71.3 Å². The Morgan fingerprint density at radius 2 is 1.55 bits per heavy atom. The average Bonchev–Trinajstić information content (AvgIpc) is 2.98. The summed E-state index contributed by atoms with van der Waals surface area (Å²) in [5.74, 6) is 0. The molecular formula is C19H29N3. The maximum absolute atomic E-state index is 4.28. The van der Waals surface area contributed by atoms with Crippen molar-refractivity contribution in [2.75, 3.05) is 0 Å². The lowest BCUT2D eigenvalue weighted by atomic mass is 10.1. The molecule has 0 spiro atoms. The van der Waals surface area contributed by atoms with Gasteiger partial charge < -0.3 is 0 Å². The van der Waals surface area contributed by atoms with E-state index in [-0.39, 0.29) is 0 Å². The van der Waals surface area contributed by atoms with E-state index in [0.717, 1.165) is 18.7 Å². The third kappa shape index (κ3) is 6.42. The first-order valence-corrected chi connectivity index (χ1v) is 8.81. The third-order valence-electron chi connectivity index (χ3n) is 4.06. The molecule has 3 heteroatoms. The third-order valence-corrected chi connectivity index (χ3v) is 4.06. The molecule has 0 unspecified atom stereocenters. The average molecular weight is 299 g/mol. The van der Waals surface area contributed by atoms with E-state index in [0.29, 0.717) is 0 Å². The predicted octanol–water partition coefficient (Wildman–Crippen LogP) is 5.01. The lowest BCUT2D eigenvalue weighted by Gasteiger charge is -2.00. The van der Waals surface area contributed by atoms with E-state index in [1.54, 1.807) is 0 Å². The summed E-state index contributed by atoms with van der Waals surface area (Å²) in [6.45, 7) is 3.08. The normalized spacial score (nSPS) is 11.0. The van der Waals surface area contributed by atoms with Gasteiger partial charge in [-0.05, 0) is 18.4 Å². The van der Waals surface area contributed by atoms with Crippen LogP contribution in [-0.2, 0) is 13.0 Å². The molecule has 1 aromatic heterocycles. The van der Waals surface area contributed by atoms with Gasteiger partial charge in [0.25, 0.3) is 0 Å². The highest BCUT2D eigenvalue weighted by Crippen LogP contribution is 2.10. The summed E-state index contributed by atoms with van der Waals surface area (Å²) >= 11 is 0. The lowest BCUT2D eigenvalue weighted by Crippen LogP contribution is -1.99. The van der Waals surface area contributed by atoms with E-state index in [1.165, 1.54) is 56.9 Å². The van der Waals surface area contributed by atoms with E-state index < -0.39 is 0 Å². The summed E-state index contributed by atoms with van der Waals surface area (Å²) in [7, 11) is 0. The van der Waals surface area contributed by atoms with Crippen LogP contribution in [0.2, 0.25) is 0 Å².